The van der Waals surface area contributed by atoms with Gasteiger partial charge in [0.25, 0.3) is 0 Å². The van der Waals surface area contributed by atoms with Crippen LogP contribution in [0.15, 0.2) is 12.1 Å². The van der Waals surface area contributed by atoms with Gasteiger partial charge in [0, 0.05) is 10.6 Å². The Morgan fingerprint density at radius 3 is 2.47 bits per heavy atom. The van der Waals surface area contributed by atoms with E-state index in [2.05, 4.69) is 4.74 Å². The minimum atomic E-state index is -4.83. The molecule has 2 nitrogen and oxygen atoms in total. The van der Waals surface area contributed by atoms with Crippen LogP contribution in [0, 0.1) is 5.82 Å². The summed E-state index contributed by atoms with van der Waals surface area (Å²) >= 11 is 5.54. The van der Waals surface area contributed by atoms with Gasteiger partial charge in [0.1, 0.15) is 5.82 Å². The molecule has 0 atom stereocenters. The Labute approximate surface area is 99.1 Å². The smallest absolute Gasteiger partial charge is 0.419 e. The van der Waals surface area contributed by atoms with Crippen molar-refractivity contribution in [1.82, 2.24) is 0 Å². The van der Waals surface area contributed by atoms with Gasteiger partial charge < -0.3 is 4.74 Å². The third-order valence-electron chi connectivity index (χ3n) is 2.04. The Morgan fingerprint density at radius 2 is 2.00 bits per heavy atom. The van der Waals surface area contributed by atoms with Crippen LogP contribution in [0.2, 0.25) is 5.02 Å². The summed E-state index contributed by atoms with van der Waals surface area (Å²) < 4.78 is 54.9. The maximum absolute atomic E-state index is 13.5. The molecule has 0 saturated heterocycles. The first-order valence-corrected chi connectivity index (χ1v) is 4.76. The number of methoxy groups -OCH3 is 1. The van der Waals surface area contributed by atoms with Gasteiger partial charge in [-0.25, -0.2) is 4.39 Å². The van der Waals surface area contributed by atoms with Crippen molar-refractivity contribution in [2.24, 2.45) is 0 Å². The molecule has 17 heavy (non-hydrogen) atoms. The van der Waals surface area contributed by atoms with Crippen molar-refractivity contribution < 1.29 is 27.1 Å². The molecule has 0 saturated carbocycles. The van der Waals surface area contributed by atoms with Gasteiger partial charge in [0.2, 0.25) is 0 Å². The van der Waals surface area contributed by atoms with Crippen molar-refractivity contribution >= 4 is 17.6 Å². The number of benzene rings is 1. The third kappa shape index (κ3) is 3.09. The summed E-state index contributed by atoms with van der Waals surface area (Å²) in [5, 5.41) is -0.249. The van der Waals surface area contributed by atoms with Crippen molar-refractivity contribution in [2.45, 2.75) is 12.6 Å². The van der Waals surface area contributed by atoms with Crippen molar-refractivity contribution in [2.75, 3.05) is 7.11 Å². The van der Waals surface area contributed by atoms with Crippen LogP contribution in [0.3, 0.4) is 0 Å². The number of esters is 1. The normalized spacial score (nSPS) is 11.4. The van der Waals surface area contributed by atoms with Gasteiger partial charge in [-0.05, 0) is 12.1 Å². The number of alkyl halides is 3. The van der Waals surface area contributed by atoms with E-state index in [9.17, 15) is 22.4 Å². The molecule has 0 aliphatic rings. The topological polar surface area (TPSA) is 26.3 Å². The Hall–Kier alpha value is -1.30. The lowest BCUT2D eigenvalue weighted by Gasteiger charge is -2.12. The van der Waals surface area contributed by atoms with Gasteiger partial charge >= 0.3 is 12.1 Å². The lowest BCUT2D eigenvalue weighted by Crippen LogP contribution is -2.13. The van der Waals surface area contributed by atoms with Gasteiger partial charge in [-0.1, -0.05) is 11.6 Å². The highest BCUT2D eigenvalue weighted by molar-refractivity contribution is 6.31. The number of carbonyl (C=O) groups excluding carboxylic acids is 1. The summed E-state index contributed by atoms with van der Waals surface area (Å²) in [6.45, 7) is 0. The van der Waals surface area contributed by atoms with Gasteiger partial charge in [-0.3, -0.25) is 4.79 Å². The van der Waals surface area contributed by atoms with Crippen molar-refractivity contribution in [1.29, 1.82) is 0 Å². The first kappa shape index (κ1) is 13.8. The molecular formula is C10H7ClF4O2. The second-order valence-corrected chi connectivity index (χ2v) is 3.55. The number of ether oxygens (including phenoxy) is 1. The number of carbonyl (C=O) groups is 1. The van der Waals surface area contributed by atoms with E-state index in [0.29, 0.717) is 6.07 Å². The molecule has 1 rings (SSSR count). The van der Waals surface area contributed by atoms with E-state index in [1.54, 1.807) is 0 Å². The molecule has 0 unspecified atom stereocenters. The predicted molar refractivity (Wildman–Crippen MR) is 52.1 cm³/mol. The van der Waals surface area contributed by atoms with E-state index in [1.165, 1.54) is 0 Å². The molecule has 0 bridgehead atoms. The molecule has 0 radical (unpaired) electrons. The van der Waals surface area contributed by atoms with Gasteiger partial charge in [0.15, 0.2) is 0 Å². The zero-order valence-electron chi connectivity index (χ0n) is 8.57. The molecule has 0 aliphatic carbocycles. The molecule has 0 spiro atoms. The first-order chi connectivity index (χ1) is 7.77. The van der Waals surface area contributed by atoms with Gasteiger partial charge in [0.05, 0.1) is 19.1 Å². The van der Waals surface area contributed by atoms with Gasteiger partial charge in [-0.15, -0.1) is 0 Å². The van der Waals surface area contributed by atoms with Crippen LogP contribution < -0.4 is 0 Å². The van der Waals surface area contributed by atoms with Crippen LogP contribution in [0.5, 0.6) is 0 Å². The predicted octanol–water partition coefficient (Wildman–Crippen LogP) is 3.21. The van der Waals surface area contributed by atoms with Crippen LogP contribution in [-0.4, -0.2) is 13.1 Å². The summed E-state index contributed by atoms with van der Waals surface area (Å²) in [7, 11) is 1.04. The summed E-state index contributed by atoms with van der Waals surface area (Å²) in [5.74, 6) is -2.42. The quantitative estimate of drug-likeness (QED) is 0.609. The van der Waals surface area contributed by atoms with Crippen molar-refractivity contribution in [3.63, 3.8) is 0 Å². The zero-order chi connectivity index (χ0) is 13.2. The molecule has 0 N–H and O–H groups in total. The van der Waals surface area contributed by atoms with Crippen LogP contribution in [0.4, 0.5) is 17.6 Å². The Balaban J connectivity index is 3.25. The SMILES string of the molecule is COC(=O)Cc1c(Cl)ccc(C(F)(F)F)c1F. The monoisotopic (exact) mass is 270 g/mol. The summed E-state index contributed by atoms with van der Waals surface area (Å²) in [4.78, 5) is 10.9. The second-order valence-electron chi connectivity index (χ2n) is 3.14. The fraction of sp³-hybridized carbons (Fsp3) is 0.300. The lowest BCUT2D eigenvalue weighted by molar-refractivity contribution is -0.142. The minimum absolute atomic E-state index is 0.249. The molecule has 0 aliphatic heterocycles. The maximum Gasteiger partial charge on any atom is 0.419 e. The molecular weight excluding hydrogens is 264 g/mol. The fourth-order valence-corrected chi connectivity index (χ4v) is 1.41. The molecule has 0 aromatic heterocycles. The molecule has 0 amide bonds. The Morgan fingerprint density at radius 1 is 1.41 bits per heavy atom. The summed E-state index contributed by atoms with van der Waals surface area (Å²) in [6.07, 6.45) is -5.48. The number of hydrogen-bond acceptors (Lipinski definition) is 2. The van der Waals surface area contributed by atoms with E-state index in [4.69, 9.17) is 11.6 Å². The Bertz CT molecular complexity index is 443. The number of halogens is 5. The highest BCUT2D eigenvalue weighted by atomic mass is 35.5. The lowest BCUT2D eigenvalue weighted by atomic mass is 10.1. The standard InChI is InChI=1S/C10H7ClF4O2/c1-17-8(16)4-5-7(11)3-2-6(9(5)12)10(13,14)15/h2-3H,4H2,1H3. The highest BCUT2D eigenvalue weighted by Crippen LogP contribution is 2.34. The van der Waals surface area contributed by atoms with Gasteiger partial charge in [-0.2, -0.15) is 13.2 Å². The van der Waals surface area contributed by atoms with Crippen molar-refractivity contribution in [3.05, 3.63) is 34.1 Å². The molecule has 0 fully saturated rings. The minimum Gasteiger partial charge on any atom is -0.469 e. The van der Waals surface area contributed by atoms with Crippen molar-refractivity contribution in [3.8, 4) is 0 Å². The third-order valence-corrected chi connectivity index (χ3v) is 2.39. The van der Waals surface area contributed by atoms with E-state index in [-0.39, 0.29) is 5.02 Å². The average molecular weight is 271 g/mol. The molecule has 94 valence electrons. The fourth-order valence-electron chi connectivity index (χ4n) is 1.20. The zero-order valence-corrected chi connectivity index (χ0v) is 9.32. The molecule has 0 heterocycles. The first-order valence-electron chi connectivity index (χ1n) is 4.38. The number of rotatable bonds is 2. The number of hydrogen-bond donors (Lipinski definition) is 0. The average Bonchev–Trinajstić information content (AvgIpc) is 2.21. The molecule has 7 heteroatoms. The largest absolute Gasteiger partial charge is 0.469 e. The summed E-state index contributed by atoms with van der Waals surface area (Å²) in [6, 6.07) is 1.42. The van der Waals surface area contributed by atoms with Crippen LogP contribution in [0.25, 0.3) is 0 Å². The van der Waals surface area contributed by atoms with E-state index in [0.717, 1.165) is 13.2 Å². The highest BCUT2D eigenvalue weighted by Gasteiger charge is 2.35. The second kappa shape index (κ2) is 4.91. The molecule has 1 aromatic carbocycles. The van der Waals surface area contributed by atoms with Crippen LogP contribution in [-0.2, 0) is 22.1 Å². The Kier molecular flexibility index (Phi) is 3.98. The van der Waals surface area contributed by atoms with E-state index < -0.39 is 35.5 Å². The van der Waals surface area contributed by atoms with Crippen LogP contribution in [0.1, 0.15) is 11.1 Å². The maximum atomic E-state index is 13.5. The van der Waals surface area contributed by atoms with E-state index >= 15 is 0 Å². The van der Waals surface area contributed by atoms with Crippen LogP contribution >= 0.6 is 11.6 Å². The van der Waals surface area contributed by atoms with E-state index in [1.807, 2.05) is 0 Å². The molecule has 1 aromatic rings. The summed E-state index contributed by atoms with van der Waals surface area (Å²) in [5.41, 5.74) is -1.98.